The molecule has 0 saturated carbocycles. The molecular weight excluding hydrogens is 654 g/mol. The molecule has 5 rings (SSSR count). The number of aromatic nitrogens is 2. The molecule has 12 nitrogen and oxygen atoms in total. The standard InChI is InChI=1S/C33H31F4N5O7/c1-31(30(38)45)17-49-28-22(31)14-24(42-27(28)18-5-7-21(34)8-6-18)32(46,33(35,36)37)16-41-29(44)20-12-19-4-3-9-40-26(19)23(13-20)48-15-25(43)39-10-11-47-2/h3-9,12-14,46H,10-11,15-17H2,1-2H3,(H2,38,45)(H,39,43)(H,41,44)/t31-,32-/m0/s1. The molecule has 3 heterocycles. The number of amides is 3. The van der Waals surface area contributed by atoms with Crippen LogP contribution in [0.3, 0.4) is 0 Å². The Bertz CT molecular complexity index is 1910. The molecule has 1 aliphatic rings. The molecule has 0 unspecified atom stereocenters. The van der Waals surface area contributed by atoms with Crippen LogP contribution in [0.25, 0.3) is 22.2 Å². The van der Waals surface area contributed by atoms with Gasteiger partial charge in [0.2, 0.25) is 11.5 Å². The van der Waals surface area contributed by atoms with Gasteiger partial charge in [-0.05, 0) is 55.5 Å². The monoisotopic (exact) mass is 685 g/mol. The fourth-order valence-electron chi connectivity index (χ4n) is 5.14. The Kier molecular flexibility index (Phi) is 9.73. The van der Waals surface area contributed by atoms with Gasteiger partial charge in [0.15, 0.2) is 6.61 Å². The Morgan fingerprint density at radius 3 is 2.51 bits per heavy atom. The summed E-state index contributed by atoms with van der Waals surface area (Å²) in [5.41, 5.74) is -0.797. The first-order valence-corrected chi connectivity index (χ1v) is 14.8. The van der Waals surface area contributed by atoms with Gasteiger partial charge in [-0.3, -0.25) is 19.4 Å². The second-order valence-electron chi connectivity index (χ2n) is 11.4. The van der Waals surface area contributed by atoms with Crippen molar-refractivity contribution in [3.63, 3.8) is 0 Å². The van der Waals surface area contributed by atoms with E-state index in [0.717, 1.165) is 18.2 Å². The van der Waals surface area contributed by atoms with Crippen LogP contribution in [-0.2, 0) is 25.3 Å². The van der Waals surface area contributed by atoms with Crippen LogP contribution in [0.2, 0.25) is 0 Å². The molecular formula is C33H31F4N5O7. The summed E-state index contributed by atoms with van der Waals surface area (Å²) in [7, 11) is 1.47. The van der Waals surface area contributed by atoms with E-state index in [-0.39, 0.29) is 59.2 Å². The normalized spacial score (nSPS) is 16.7. The number of halogens is 4. The maximum Gasteiger partial charge on any atom is 0.424 e. The zero-order valence-electron chi connectivity index (χ0n) is 26.2. The second kappa shape index (κ2) is 13.6. The van der Waals surface area contributed by atoms with E-state index in [1.165, 1.54) is 44.5 Å². The van der Waals surface area contributed by atoms with Crippen molar-refractivity contribution in [2.24, 2.45) is 5.73 Å². The third kappa shape index (κ3) is 6.96. The molecule has 49 heavy (non-hydrogen) atoms. The number of benzene rings is 2. The minimum absolute atomic E-state index is 0.00573. The van der Waals surface area contributed by atoms with Crippen molar-refractivity contribution in [1.82, 2.24) is 20.6 Å². The molecule has 0 radical (unpaired) electrons. The smallest absolute Gasteiger partial charge is 0.424 e. The molecule has 4 aromatic rings. The molecule has 2 atom stereocenters. The molecule has 258 valence electrons. The summed E-state index contributed by atoms with van der Waals surface area (Å²) in [5, 5.41) is 16.4. The number of nitrogens with one attached hydrogen (secondary N) is 2. The summed E-state index contributed by atoms with van der Waals surface area (Å²) in [6.07, 6.45) is -3.96. The number of methoxy groups -OCH3 is 1. The van der Waals surface area contributed by atoms with E-state index in [4.69, 9.17) is 19.9 Å². The highest BCUT2D eigenvalue weighted by molar-refractivity contribution is 6.00. The first-order chi connectivity index (χ1) is 23.2. The summed E-state index contributed by atoms with van der Waals surface area (Å²) in [6.45, 7) is -0.339. The third-order valence-corrected chi connectivity index (χ3v) is 8.05. The highest BCUT2D eigenvalue weighted by atomic mass is 19.4. The summed E-state index contributed by atoms with van der Waals surface area (Å²) in [6, 6.07) is 11.2. The number of primary amides is 1. The number of ether oxygens (including phenoxy) is 3. The Morgan fingerprint density at radius 1 is 1.10 bits per heavy atom. The number of pyridine rings is 2. The Labute approximate surface area is 276 Å². The zero-order chi connectivity index (χ0) is 35.6. The number of nitrogens with zero attached hydrogens (tertiary/aromatic N) is 2. The lowest BCUT2D eigenvalue weighted by Crippen LogP contribution is -2.51. The topological polar surface area (TPSA) is 175 Å². The fraction of sp³-hybridized carbons (Fsp3) is 0.303. The van der Waals surface area contributed by atoms with Gasteiger partial charge < -0.3 is 35.7 Å². The lowest BCUT2D eigenvalue weighted by atomic mass is 9.81. The van der Waals surface area contributed by atoms with E-state index < -0.39 is 59.6 Å². The average molecular weight is 686 g/mol. The van der Waals surface area contributed by atoms with Gasteiger partial charge in [-0.2, -0.15) is 13.2 Å². The van der Waals surface area contributed by atoms with Gasteiger partial charge in [0.1, 0.15) is 40.5 Å². The van der Waals surface area contributed by atoms with Gasteiger partial charge in [0.05, 0.1) is 18.8 Å². The van der Waals surface area contributed by atoms with Gasteiger partial charge in [-0.1, -0.05) is 6.07 Å². The number of fused-ring (bicyclic) bond motifs is 2. The summed E-state index contributed by atoms with van der Waals surface area (Å²) in [4.78, 5) is 46.3. The van der Waals surface area contributed by atoms with Crippen LogP contribution >= 0.6 is 0 Å². The van der Waals surface area contributed by atoms with Crippen molar-refractivity contribution >= 4 is 28.6 Å². The maximum atomic E-state index is 14.8. The van der Waals surface area contributed by atoms with Crippen molar-refractivity contribution in [1.29, 1.82) is 0 Å². The van der Waals surface area contributed by atoms with Crippen molar-refractivity contribution in [2.45, 2.75) is 24.1 Å². The Balaban J connectivity index is 1.49. The average Bonchev–Trinajstić information content (AvgIpc) is 3.43. The molecule has 2 aromatic carbocycles. The number of nitrogens with two attached hydrogens (primary N) is 1. The number of carbonyl (C=O) groups is 3. The van der Waals surface area contributed by atoms with Crippen LogP contribution in [0.5, 0.6) is 11.5 Å². The van der Waals surface area contributed by atoms with E-state index in [1.54, 1.807) is 12.1 Å². The van der Waals surface area contributed by atoms with Gasteiger partial charge >= 0.3 is 6.18 Å². The van der Waals surface area contributed by atoms with E-state index in [2.05, 4.69) is 20.6 Å². The minimum Gasteiger partial charge on any atom is -0.489 e. The third-order valence-electron chi connectivity index (χ3n) is 8.05. The van der Waals surface area contributed by atoms with Crippen LogP contribution in [-0.4, -0.2) is 79.0 Å². The van der Waals surface area contributed by atoms with Crippen LogP contribution in [0, 0.1) is 5.82 Å². The number of hydrogen-bond acceptors (Lipinski definition) is 9. The van der Waals surface area contributed by atoms with E-state index in [0.29, 0.717) is 5.39 Å². The Hall–Kier alpha value is -5.35. The lowest BCUT2D eigenvalue weighted by Gasteiger charge is -2.31. The highest BCUT2D eigenvalue weighted by Gasteiger charge is 2.57. The summed E-state index contributed by atoms with van der Waals surface area (Å²) in [5.74, 6) is -3.12. The molecule has 1 aliphatic heterocycles. The maximum absolute atomic E-state index is 14.8. The van der Waals surface area contributed by atoms with E-state index in [9.17, 15) is 37.1 Å². The van der Waals surface area contributed by atoms with Gasteiger partial charge in [-0.25, -0.2) is 9.37 Å². The van der Waals surface area contributed by atoms with Crippen molar-refractivity contribution in [3.8, 4) is 22.8 Å². The molecule has 0 spiro atoms. The van der Waals surface area contributed by atoms with Gasteiger partial charge in [0.25, 0.3) is 11.8 Å². The van der Waals surface area contributed by atoms with Gasteiger partial charge in [-0.15, -0.1) is 0 Å². The zero-order valence-corrected chi connectivity index (χ0v) is 26.2. The van der Waals surface area contributed by atoms with E-state index in [1.807, 2.05) is 0 Å². The largest absolute Gasteiger partial charge is 0.489 e. The fourth-order valence-corrected chi connectivity index (χ4v) is 5.14. The number of rotatable bonds is 12. The summed E-state index contributed by atoms with van der Waals surface area (Å²) < 4.78 is 74.3. The van der Waals surface area contributed by atoms with Crippen LogP contribution in [0.1, 0.15) is 28.5 Å². The lowest BCUT2D eigenvalue weighted by molar-refractivity contribution is -0.265. The summed E-state index contributed by atoms with van der Waals surface area (Å²) >= 11 is 0. The molecule has 5 N–H and O–H groups in total. The number of alkyl halides is 3. The van der Waals surface area contributed by atoms with Crippen molar-refractivity contribution < 1.29 is 51.3 Å². The quantitative estimate of drug-likeness (QED) is 0.129. The van der Waals surface area contributed by atoms with Gasteiger partial charge in [0, 0.05) is 41.9 Å². The first-order valence-electron chi connectivity index (χ1n) is 14.8. The SMILES string of the molecule is COCCNC(=O)COc1cc(C(=O)NC[C@](O)(c2cc3c(c(-c4ccc(F)cc4)n2)OC[C@]3(C)C(N)=O)C(F)(F)F)cc2cccnc12. The second-order valence-corrected chi connectivity index (χ2v) is 11.4. The molecule has 0 bridgehead atoms. The van der Waals surface area contributed by atoms with Crippen LogP contribution < -0.4 is 25.8 Å². The van der Waals surface area contributed by atoms with Crippen molar-refractivity contribution in [3.05, 3.63) is 83.4 Å². The molecule has 3 amide bonds. The molecule has 0 aliphatic carbocycles. The molecule has 16 heteroatoms. The predicted octanol–water partition coefficient (Wildman–Crippen LogP) is 2.89. The number of hydrogen-bond donors (Lipinski definition) is 4. The number of aliphatic hydroxyl groups is 1. The van der Waals surface area contributed by atoms with E-state index >= 15 is 0 Å². The first kappa shape index (κ1) is 35.0. The number of carbonyl (C=O) groups excluding carboxylic acids is 3. The Morgan fingerprint density at radius 2 is 1.84 bits per heavy atom. The van der Waals surface area contributed by atoms with Crippen LogP contribution in [0.4, 0.5) is 17.6 Å². The highest BCUT2D eigenvalue weighted by Crippen LogP contribution is 2.47. The minimum atomic E-state index is -5.41. The molecule has 0 saturated heterocycles. The van der Waals surface area contributed by atoms with Crippen LogP contribution in [0.15, 0.2) is 60.8 Å². The van der Waals surface area contributed by atoms with Crippen molar-refractivity contribution in [2.75, 3.05) is 40.0 Å². The predicted molar refractivity (Wildman–Crippen MR) is 166 cm³/mol. The molecule has 2 aromatic heterocycles. The molecule has 0 fully saturated rings.